The van der Waals surface area contributed by atoms with Crippen molar-refractivity contribution in [1.82, 2.24) is 4.90 Å². The van der Waals surface area contributed by atoms with Crippen molar-refractivity contribution < 1.29 is 19.1 Å². The number of carbonyl (C=O) groups excluding carboxylic acids is 3. The van der Waals surface area contributed by atoms with Gasteiger partial charge in [-0.05, 0) is 60.2 Å². The Labute approximate surface area is 184 Å². The Morgan fingerprint density at radius 2 is 1.97 bits per heavy atom. The van der Waals surface area contributed by atoms with Gasteiger partial charge in [0, 0.05) is 10.7 Å². The van der Waals surface area contributed by atoms with Crippen LogP contribution in [-0.2, 0) is 9.59 Å². The molecule has 6 nitrogen and oxygen atoms in total. The van der Waals surface area contributed by atoms with Crippen molar-refractivity contribution in [2.45, 2.75) is 19.8 Å². The normalized spacial score (nSPS) is 15.0. The van der Waals surface area contributed by atoms with E-state index in [0.29, 0.717) is 17.3 Å². The number of nitrogens with one attached hydrogen (secondary N) is 1. The molecule has 0 bridgehead atoms. The van der Waals surface area contributed by atoms with E-state index in [4.69, 9.17) is 16.3 Å². The lowest BCUT2D eigenvalue weighted by molar-refractivity contribution is -0.127. The smallest absolute Gasteiger partial charge is 0.294 e. The molecule has 1 aliphatic heterocycles. The van der Waals surface area contributed by atoms with Gasteiger partial charge in [-0.1, -0.05) is 43.1 Å². The Bertz CT molecular complexity index is 975. The second kappa shape index (κ2) is 10.3. The predicted octanol–water partition coefficient (Wildman–Crippen LogP) is 5.19. The quantitative estimate of drug-likeness (QED) is 0.447. The van der Waals surface area contributed by atoms with Crippen LogP contribution in [0.2, 0.25) is 5.02 Å². The van der Waals surface area contributed by atoms with E-state index < -0.39 is 17.1 Å². The van der Waals surface area contributed by atoms with Crippen molar-refractivity contribution in [2.24, 2.45) is 0 Å². The van der Waals surface area contributed by atoms with Crippen LogP contribution < -0.4 is 10.1 Å². The van der Waals surface area contributed by atoms with E-state index in [1.165, 1.54) is 0 Å². The number of unbranched alkanes of at least 4 members (excludes halogenated alkanes) is 1. The molecule has 0 aliphatic carbocycles. The van der Waals surface area contributed by atoms with Crippen molar-refractivity contribution in [2.75, 3.05) is 18.5 Å². The number of thioether (sulfide) groups is 1. The molecule has 1 fully saturated rings. The molecule has 3 rings (SSSR count). The minimum atomic E-state index is -0.491. The Morgan fingerprint density at radius 1 is 1.20 bits per heavy atom. The van der Waals surface area contributed by atoms with Gasteiger partial charge < -0.3 is 10.1 Å². The average Bonchev–Trinajstić information content (AvgIpc) is 2.97. The molecular formula is C22H21ClN2O4S. The second-order valence-corrected chi connectivity index (χ2v) is 8.03. The van der Waals surface area contributed by atoms with Crippen molar-refractivity contribution in [3.05, 3.63) is 64.0 Å². The Balaban J connectivity index is 1.61. The lowest BCUT2D eigenvalue weighted by Crippen LogP contribution is -2.36. The predicted molar refractivity (Wildman–Crippen MR) is 120 cm³/mol. The van der Waals surface area contributed by atoms with Crippen LogP contribution in [-0.4, -0.2) is 35.1 Å². The molecule has 0 saturated carbocycles. The van der Waals surface area contributed by atoms with E-state index in [9.17, 15) is 14.4 Å². The molecule has 1 heterocycles. The molecule has 2 aromatic rings. The van der Waals surface area contributed by atoms with Gasteiger partial charge >= 0.3 is 0 Å². The summed E-state index contributed by atoms with van der Waals surface area (Å²) in [7, 11) is 0. The lowest BCUT2D eigenvalue weighted by Gasteiger charge is -2.12. The summed E-state index contributed by atoms with van der Waals surface area (Å²) in [5.74, 6) is -0.213. The highest BCUT2D eigenvalue weighted by Gasteiger charge is 2.36. The van der Waals surface area contributed by atoms with E-state index in [2.05, 4.69) is 12.2 Å². The van der Waals surface area contributed by atoms with Gasteiger partial charge in [0.25, 0.3) is 11.1 Å². The summed E-state index contributed by atoms with van der Waals surface area (Å²) in [6, 6.07) is 13.9. The summed E-state index contributed by atoms with van der Waals surface area (Å²) >= 11 is 6.71. The molecule has 1 aliphatic rings. The van der Waals surface area contributed by atoms with E-state index in [1.807, 2.05) is 24.3 Å². The molecule has 1 saturated heterocycles. The first kappa shape index (κ1) is 21.9. The van der Waals surface area contributed by atoms with Crippen LogP contribution in [0.25, 0.3) is 6.08 Å². The largest absolute Gasteiger partial charge is 0.494 e. The Kier molecular flexibility index (Phi) is 7.54. The minimum absolute atomic E-state index is 0.273. The maximum atomic E-state index is 12.6. The first-order chi connectivity index (χ1) is 14.5. The highest BCUT2D eigenvalue weighted by Crippen LogP contribution is 2.32. The maximum absolute atomic E-state index is 12.6. The fourth-order valence-electron chi connectivity index (χ4n) is 2.69. The van der Waals surface area contributed by atoms with Crippen LogP contribution in [0.3, 0.4) is 0 Å². The first-order valence-electron chi connectivity index (χ1n) is 9.50. The van der Waals surface area contributed by atoms with Gasteiger partial charge in [-0.3, -0.25) is 19.3 Å². The van der Waals surface area contributed by atoms with E-state index in [0.717, 1.165) is 40.8 Å². The molecule has 0 radical (unpaired) electrons. The van der Waals surface area contributed by atoms with E-state index in [1.54, 1.807) is 30.3 Å². The van der Waals surface area contributed by atoms with Gasteiger partial charge in [-0.2, -0.15) is 0 Å². The molecule has 2 aromatic carbocycles. The topological polar surface area (TPSA) is 75.7 Å². The molecule has 0 unspecified atom stereocenters. The van der Waals surface area contributed by atoms with Gasteiger partial charge in [0.1, 0.15) is 12.3 Å². The molecule has 1 N–H and O–H groups in total. The molecule has 30 heavy (non-hydrogen) atoms. The third-order valence-electron chi connectivity index (χ3n) is 4.23. The van der Waals surface area contributed by atoms with Crippen molar-refractivity contribution in [3.8, 4) is 5.75 Å². The van der Waals surface area contributed by atoms with Crippen molar-refractivity contribution >= 4 is 52.2 Å². The van der Waals surface area contributed by atoms with Gasteiger partial charge in [0.2, 0.25) is 5.91 Å². The summed E-state index contributed by atoms with van der Waals surface area (Å²) in [4.78, 5) is 38.3. The van der Waals surface area contributed by atoms with Gasteiger partial charge in [0.15, 0.2) is 0 Å². The van der Waals surface area contributed by atoms with Crippen LogP contribution in [0.15, 0.2) is 53.4 Å². The van der Waals surface area contributed by atoms with Crippen molar-refractivity contribution in [3.63, 3.8) is 0 Å². The number of carbonyl (C=O) groups is 3. The molecule has 0 spiro atoms. The number of benzene rings is 2. The fraction of sp³-hybridized carbons (Fsp3) is 0.227. The zero-order chi connectivity index (χ0) is 21.5. The fourth-order valence-corrected chi connectivity index (χ4v) is 3.72. The summed E-state index contributed by atoms with van der Waals surface area (Å²) in [6.45, 7) is 2.39. The average molecular weight is 445 g/mol. The van der Waals surface area contributed by atoms with Gasteiger partial charge in [-0.25, -0.2) is 0 Å². The lowest BCUT2D eigenvalue weighted by atomic mass is 10.2. The summed E-state index contributed by atoms with van der Waals surface area (Å²) in [6.07, 6.45) is 3.68. The van der Waals surface area contributed by atoms with Crippen LogP contribution >= 0.6 is 23.4 Å². The third kappa shape index (κ3) is 5.87. The molecular weight excluding hydrogens is 424 g/mol. The maximum Gasteiger partial charge on any atom is 0.294 e. The van der Waals surface area contributed by atoms with Gasteiger partial charge in [0.05, 0.1) is 11.5 Å². The highest BCUT2D eigenvalue weighted by molar-refractivity contribution is 8.18. The molecule has 8 heteroatoms. The molecule has 156 valence electrons. The summed E-state index contributed by atoms with van der Waals surface area (Å²) < 4.78 is 5.62. The molecule has 3 amide bonds. The van der Waals surface area contributed by atoms with Gasteiger partial charge in [-0.15, -0.1) is 0 Å². The monoisotopic (exact) mass is 444 g/mol. The number of amides is 3. The number of hydrogen-bond donors (Lipinski definition) is 1. The molecule has 0 atom stereocenters. The number of ether oxygens (including phenoxy) is 1. The van der Waals surface area contributed by atoms with Crippen LogP contribution in [0.5, 0.6) is 5.75 Å². The van der Waals surface area contributed by atoms with E-state index >= 15 is 0 Å². The molecule has 0 aromatic heterocycles. The standard InChI is InChI=1S/C22H21ClN2O4S/c1-2-3-11-29-18-9-7-15(8-10-18)12-19-21(27)25(22(28)30-19)14-20(26)24-17-6-4-5-16(23)13-17/h4-10,12-13H,2-3,11,14H2,1H3,(H,24,26)/b19-12-. The number of hydrogen-bond acceptors (Lipinski definition) is 5. The second-order valence-electron chi connectivity index (χ2n) is 6.60. The van der Waals surface area contributed by atoms with Crippen molar-refractivity contribution in [1.29, 1.82) is 0 Å². The summed E-state index contributed by atoms with van der Waals surface area (Å²) in [5, 5.41) is 2.63. The zero-order valence-corrected chi connectivity index (χ0v) is 18.0. The SMILES string of the molecule is CCCCOc1ccc(/C=C2\SC(=O)N(CC(=O)Nc3cccc(Cl)c3)C2=O)cc1. The number of imide groups is 1. The number of rotatable bonds is 8. The third-order valence-corrected chi connectivity index (χ3v) is 5.37. The number of nitrogens with zero attached hydrogens (tertiary/aromatic N) is 1. The highest BCUT2D eigenvalue weighted by atomic mass is 35.5. The summed E-state index contributed by atoms with van der Waals surface area (Å²) in [5.41, 5.74) is 1.27. The van der Waals surface area contributed by atoms with Crippen LogP contribution in [0, 0.1) is 0 Å². The Hall–Kier alpha value is -2.77. The Morgan fingerprint density at radius 3 is 2.67 bits per heavy atom. The minimum Gasteiger partial charge on any atom is -0.494 e. The van der Waals surface area contributed by atoms with E-state index in [-0.39, 0.29) is 11.4 Å². The number of halogens is 1. The van der Waals surface area contributed by atoms with Crippen LogP contribution in [0.4, 0.5) is 10.5 Å². The zero-order valence-electron chi connectivity index (χ0n) is 16.4. The first-order valence-corrected chi connectivity index (χ1v) is 10.7. The van der Waals surface area contributed by atoms with Crippen LogP contribution in [0.1, 0.15) is 25.3 Å². The number of anilines is 1.